The molecule has 1 saturated heterocycles. The quantitative estimate of drug-likeness (QED) is 0.306. The van der Waals surface area contributed by atoms with Gasteiger partial charge in [0.1, 0.15) is 18.8 Å². The Labute approximate surface area is 189 Å². The minimum absolute atomic E-state index is 0.0524. The number of β-lactam (4-membered cyclic amide) rings is 1. The minimum atomic E-state index is -3.83. The summed E-state index contributed by atoms with van der Waals surface area (Å²) in [5.41, 5.74) is 0.0565. The Hall–Kier alpha value is -2.46. The highest BCUT2D eigenvalue weighted by molar-refractivity contribution is 7.86. The summed E-state index contributed by atoms with van der Waals surface area (Å²) in [6.07, 6.45) is -0.126. The number of carbonyl (C=O) groups is 3. The fourth-order valence-corrected chi connectivity index (χ4v) is 4.36. The summed E-state index contributed by atoms with van der Waals surface area (Å²) in [5.74, 6) is -3.44. The number of hydrogen-bond donors (Lipinski definition) is 0. The maximum absolute atomic E-state index is 12.8. The van der Waals surface area contributed by atoms with Gasteiger partial charge in [-0.1, -0.05) is 30.3 Å². The van der Waals surface area contributed by atoms with Crippen molar-refractivity contribution in [1.82, 2.24) is 4.90 Å². The Bertz CT molecular complexity index is 938. The van der Waals surface area contributed by atoms with Gasteiger partial charge in [-0.05, 0) is 40.2 Å². The van der Waals surface area contributed by atoms with Crippen molar-refractivity contribution >= 4 is 28.0 Å². The summed E-state index contributed by atoms with van der Waals surface area (Å²) in [6, 6.07) is 8.32. The lowest BCUT2D eigenvalue weighted by Crippen LogP contribution is -2.68. The molecule has 0 unspecified atom stereocenters. The first-order valence-electron chi connectivity index (χ1n) is 10.3. The van der Waals surface area contributed by atoms with Crippen LogP contribution >= 0.6 is 0 Å². The number of nitrogens with zero attached hydrogens (tertiary/aromatic N) is 1. The molecule has 1 aromatic rings. The summed E-state index contributed by atoms with van der Waals surface area (Å²) in [6.45, 7) is 7.82. The Morgan fingerprint density at radius 1 is 1.12 bits per heavy atom. The molecular formula is C22H31NO8S. The van der Waals surface area contributed by atoms with Crippen LogP contribution in [0.3, 0.4) is 0 Å². The van der Waals surface area contributed by atoms with E-state index in [1.807, 2.05) is 30.3 Å². The van der Waals surface area contributed by atoms with Crippen molar-refractivity contribution in [1.29, 1.82) is 0 Å². The average Bonchev–Trinajstić information content (AvgIpc) is 2.65. The number of benzene rings is 1. The molecule has 1 aliphatic heterocycles. The lowest BCUT2D eigenvalue weighted by atomic mass is 9.76. The molecule has 2 rings (SSSR count). The zero-order valence-electron chi connectivity index (χ0n) is 19.2. The number of rotatable bonds is 9. The van der Waals surface area contributed by atoms with Crippen molar-refractivity contribution < 1.29 is 36.5 Å². The lowest BCUT2D eigenvalue weighted by Gasteiger charge is -2.50. The summed E-state index contributed by atoms with van der Waals surface area (Å²) in [4.78, 5) is 39.1. The number of hydrogen-bond acceptors (Lipinski definition) is 8. The maximum atomic E-state index is 12.8. The number of carbonyl (C=O) groups excluding carboxylic acids is 3. The van der Waals surface area contributed by atoms with Gasteiger partial charge in [0.2, 0.25) is 5.91 Å². The molecule has 0 bridgehead atoms. The van der Waals surface area contributed by atoms with E-state index in [0.29, 0.717) is 0 Å². The molecular weight excluding hydrogens is 438 g/mol. The molecule has 1 heterocycles. The van der Waals surface area contributed by atoms with E-state index in [9.17, 15) is 22.8 Å². The minimum Gasteiger partial charge on any atom is -0.461 e. The third-order valence-corrected chi connectivity index (χ3v) is 5.61. The van der Waals surface area contributed by atoms with Crippen LogP contribution in [0.1, 0.15) is 40.2 Å². The number of esters is 2. The molecule has 9 nitrogen and oxygen atoms in total. The van der Waals surface area contributed by atoms with Gasteiger partial charge in [0.15, 0.2) is 0 Å². The van der Waals surface area contributed by atoms with Crippen molar-refractivity contribution in [3.05, 3.63) is 35.9 Å². The van der Waals surface area contributed by atoms with E-state index < -0.39 is 57.5 Å². The van der Waals surface area contributed by atoms with Crippen molar-refractivity contribution in [2.75, 3.05) is 12.8 Å². The topological polar surface area (TPSA) is 116 Å². The molecule has 1 aromatic carbocycles. The second-order valence-corrected chi connectivity index (χ2v) is 10.6. The Balaban J connectivity index is 2.17. The van der Waals surface area contributed by atoms with Crippen LogP contribution in [0.15, 0.2) is 30.3 Å². The Morgan fingerprint density at radius 2 is 1.72 bits per heavy atom. The van der Waals surface area contributed by atoms with Gasteiger partial charge in [-0.3, -0.25) is 18.6 Å². The molecule has 0 saturated carbocycles. The normalized spacial score (nSPS) is 20.8. The summed E-state index contributed by atoms with van der Waals surface area (Å²) in [5, 5.41) is 0. The van der Waals surface area contributed by atoms with Crippen LogP contribution in [0.4, 0.5) is 0 Å². The predicted octanol–water partition coefficient (Wildman–Crippen LogP) is 1.90. The second kappa shape index (κ2) is 9.99. The Morgan fingerprint density at radius 3 is 2.25 bits per heavy atom. The van der Waals surface area contributed by atoms with Gasteiger partial charge in [-0.15, -0.1) is 0 Å². The van der Waals surface area contributed by atoms with Crippen LogP contribution in [-0.4, -0.2) is 61.7 Å². The van der Waals surface area contributed by atoms with Gasteiger partial charge in [0.05, 0.1) is 30.2 Å². The first-order chi connectivity index (χ1) is 14.7. The van der Waals surface area contributed by atoms with E-state index in [1.165, 1.54) is 11.8 Å². The van der Waals surface area contributed by atoms with E-state index in [1.54, 1.807) is 27.7 Å². The van der Waals surface area contributed by atoms with E-state index >= 15 is 0 Å². The summed E-state index contributed by atoms with van der Waals surface area (Å²) < 4.78 is 38.8. The second-order valence-electron chi connectivity index (χ2n) is 8.96. The largest absolute Gasteiger partial charge is 0.461 e. The zero-order chi connectivity index (χ0) is 24.3. The molecule has 0 aromatic heterocycles. The van der Waals surface area contributed by atoms with Crippen LogP contribution in [0.2, 0.25) is 0 Å². The molecule has 0 N–H and O–H groups in total. The number of likely N-dealkylation sites (tertiary alicyclic amines) is 1. The van der Waals surface area contributed by atoms with Crippen LogP contribution < -0.4 is 0 Å². The fraction of sp³-hybridized carbons (Fsp3) is 0.591. The maximum Gasteiger partial charge on any atom is 0.326 e. The van der Waals surface area contributed by atoms with Gasteiger partial charge >= 0.3 is 11.9 Å². The molecule has 0 radical (unpaired) electrons. The van der Waals surface area contributed by atoms with Crippen molar-refractivity contribution in [2.45, 2.75) is 59.0 Å². The van der Waals surface area contributed by atoms with Crippen LogP contribution in [0, 0.1) is 11.8 Å². The number of amides is 1. The first-order valence-corrected chi connectivity index (χ1v) is 12.1. The molecule has 1 fully saturated rings. The highest BCUT2D eigenvalue weighted by Crippen LogP contribution is 2.37. The smallest absolute Gasteiger partial charge is 0.326 e. The van der Waals surface area contributed by atoms with Crippen molar-refractivity contribution in [3.8, 4) is 0 Å². The summed E-state index contributed by atoms with van der Waals surface area (Å²) in [7, 11) is -3.83. The third kappa shape index (κ3) is 7.03. The average molecular weight is 470 g/mol. The molecule has 10 heteroatoms. The van der Waals surface area contributed by atoms with E-state index in [2.05, 4.69) is 0 Å². The number of ether oxygens (including phenoxy) is 2. The van der Waals surface area contributed by atoms with Gasteiger partial charge in [-0.2, -0.15) is 8.42 Å². The van der Waals surface area contributed by atoms with Crippen LogP contribution in [0.5, 0.6) is 0 Å². The molecule has 1 aliphatic rings. The van der Waals surface area contributed by atoms with E-state index in [4.69, 9.17) is 13.7 Å². The van der Waals surface area contributed by atoms with Crippen molar-refractivity contribution in [3.63, 3.8) is 0 Å². The van der Waals surface area contributed by atoms with Gasteiger partial charge in [0, 0.05) is 0 Å². The molecule has 178 valence electrons. The van der Waals surface area contributed by atoms with Gasteiger partial charge < -0.3 is 14.4 Å². The SMILES string of the molecule is C[C@@H](OS(C)(=O)=O)[C@H]1C(=O)N(CC(=O)OC(C)(C)C)[C@@H]1[C@@H](C)C(=O)OCc1ccccc1. The first kappa shape index (κ1) is 25.8. The molecule has 0 spiro atoms. The van der Waals surface area contributed by atoms with E-state index in [-0.39, 0.29) is 13.2 Å². The highest BCUT2D eigenvalue weighted by atomic mass is 32.2. The zero-order valence-corrected chi connectivity index (χ0v) is 20.0. The third-order valence-electron chi connectivity index (χ3n) is 4.96. The van der Waals surface area contributed by atoms with E-state index in [0.717, 1.165) is 11.8 Å². The molecule has 0 aliphatic carbocycles. The molecule has 4 atom stereocenters. The standard InChI is InChI=1S/C22H31NO8S/c1-14(21(26)29-13-16-10-8-7-9-11-16)19-18(15(2)31-32(6,27)28)20(25)23(19)12-17(24)30-22(3,4)5/h7-11,14-15,18-19H,12-13H2,1-6H3/t14-,15-,18-,19-/m1/s1. The molecule has 32 heavy (non-hydrogen) atoms. The van der Waals surface area contributed by atoms with Crippen molar-refractivity contribution in [2.24, 2.45) is 11.8 Å². The van der Waals surface area contributed by atoms with Gasteiger partial charge in [-0.25, -0.2) is 0 Å². The van der Waals surface area contributed by atoms with Crippen LogP contribution in [-0.2, 0) is 44.8 Å². The van der Waals surface area contributed by atoms with Crippen LogP contribution in [0.25, 0.3) is 0 Å². The monoisotopic (exact) mass is 469 g/mol. The fourth-order valence-electron chi connectivity index (χ4n) is 3.69. The highest BCUT2D eigenvalue weighted by Gasteiger charge is 2.55. The Kier molecular flexibility index (Phi) is 8.06. The van der Waals surface area contributed by atoms with Gasteiger partial charge in [0.25, 0.3) is 10.1 Å². The predicted molar refractivity (Wildman–Crippen MR) is 116 cm³/mol. The lowest BCUT2D eigenvalue weighted by molar-refractivity contribution is -0.181. The molecule has 1 amide bonds. The summed E-state index contributed by atoms with van der Waals surface area (Å²) >= 11 is 0.